The largest absolute Gasteiger partial charge is 0.349 e. The Morgan fingerprint density at radius 2 is 2.30 bits per heavy atom. The van der Waals surface area contributed by atoms with Crippen molar-refractivity contribution in [1.82, 2.24) is 20.1 Å². The average Bonchev–Trinajstić information content (AvgIpc) is 2.99. The molecule has 3 rings (SSSR count). The van der Waals surface area contributed by atoms with Crippen LogP contribution >= 0.6 is 0 Å². The highest BCUT2D eigenvalue weighted by Crippen LogP contribution is 2.29. The first-order valence-corrected chi connectivity index (χ1v) is 7.02. The van der Waals surface area contributed by atoms with E-state index >= 15 is 0 Å². The van der Waals surface area contributed by atoms with Crippen LogP contribution in [0.15, 0.2) is 36.9 Å². The number of nitrogens with zero attached hydrogens (tertiary/aromatic N) is 3. The summed E-state index contributed by atoms with van der Waals surface area (Å²) in [5, 5.41) is 7.13. The van der Waals surface area contributed by atoms with E-state index in [1.165, 1.54) is 17.5 Å². The van der Waals surface area contributed by atoms with Gasteiger partial charge in [-0.1, -0.05) is 24.3 Å². The minimum Gasteiger partial charge on any atom is -0.349 e. The zero-order chi connectivity index (χ0) is 13.8. The Morgan fingerprint density at radius 3 is 3.15 bits per heavy atom. The molecule has 0 spiro atoms. The summed E-state index contributed by atoms with van der Waals surface area (Å²) in [6.45, 7) is 0.570. The van der Waals surface area contributed by atoms with E-state index in [1.54, 1.807) is 11.0 Å². The Morgan fingerprint density at radius 1 is 1.40 bits per heavy atom. The third kappa shape index (κ3) is 2.87. The first kappa shape index (κ1) is 12.8. The molecule has 0 bridgehead atoms. The van der Waals surface area contributed by atoms with Gasteiger partial charge in [0, 0.05) is 6.42 Å². The Balaban J connectivity index is 1.59. The molecule has 1 atom stereocenters. The van der Waals surface area contributed by atoms with E-state index in [0.717, 1.165) is 19.3 Å². The molecule has 0 radical (unpaired) electrons. The lowest BCUT2D eigenvalue weighted by Crippen LogP contribution is -2.31. The average molecular weight is 270 g/mol. The lowest BCUT2D eigenvalue weighted by atomic mass is 9.88. The van der Waals surface area contributed by atoms with Crippen LogP contribution in [0.2, 0.25) is 0 Å². The smallest absolute Gasteiger partial charge is 0.222 e. The van der Waals surface area contributed by atoms with Crippen molar-refractivity contribution in [3.05, 3.63) is 48.0 Å². The van der Waals surface area contributed by atoms with Gasteiger partial charge in [0.25, 0.3) is 0 Å². The number of hydrogen-bond acceptors (Lipinski definition) is 3. The topological polar surface area (TPSA) is 59.8 Å². The quantitative estimate of drug-likeness (QED) is 0.922. The Kier molecular flexibility index (Phi) is 3.76. The zero-order valence-electron chi connectivity index (χ0n) is 11.3. The first-order valence-electron chi connectivity index (χ1n) is 7.02. The lowest BCUT2D eigenvalue weighted by molar-refractivity contribution is -0.122. The molecule has 1 amide bonds. The fourth-order valence-corrected chi connectivity index (χ4v) is 2.73. The zero-order valence-corrected chi connectivity index (χ0v) is 11.3. The van der Waals surface area contributed by atoms with Gasteiger partial charge in [-0.3, -0.25) is 9.48 Å². The van der Waals surface area contributed by atoms with Gasteiger partial charge in [-0.05, 0) is 30.4 Å². The van der Waals surface area contributed by atoms with E-state index in [9.17, 15) is 4.79 Å². The highest BCUT2D eigenvalue weighted by Gasteiger charge is 2.21. The van der Waals surface area contributed by atoms with Gasteiger partial charge in [0.05, 0.1) is 12.6 Å². The van der Waals surface area contributed by atoms with Crippen molar-refractivity contribution in [2.75, 3.05) is 0 Å². The van der Waals surface area contributed by atoms with Crippen molar-refractivity contribution in [3.8, 4) is 0 Å². The van der Waals surface area contributed by atoms with Crippen molar-refractivity contribution in [1.29, 1.82) is 0 Å². The molecule has 0 aliphatic heterocycles. The number of nitrogens with one attached hydrogen (secondary N) is 1. The van der Waals surface area contributed by atoms with Crippen molar-refractivity contribution < 1.29 is 4.79 Å². The summed E-state index contributed by atoms with van der Waals surface area (Å²) in [6.07, 6.45) is 6.80. The van der Waals surface area contributed by atoms with Crippen LogP contribution < -0.4 is 5.32 Å². The van der Waals surface area contributed by atoms with E-state index in [4.69, 9.17) is 0 Å². The van der Waals surface area contributed by atoms with Gasteiger partial charge in [-0.25, -0.2) is 4.98 Å². The molecular formula is C15H18N4O. The molecule has 0 saturated heterocycles. The highest BCUT2D eigenvalue weighted by molar-refractivity contribution is 5.76. The predicted octanol–water partition coefficient (Wildman–Crippen LogP) is 1.86. The number of carbonyl (C=O) groups is 1. The molecule has 0 fully saturated rings. The second-order valence-corrected chi connectivity index (χ2v) is 5.12. The number of aryl methyl sites for hydroxylation is 2. The van der Waals surface area contributed by atoms with E-state index < -0.39 is 0 Å². The third-order valence-electron chi connectivity index (χ3n) is 3.74. The molecule has 1 aliphatic carbocycles. The number of hydrogen-bond donors (Lipinski definition) is 1. The summed E-state index contributed by atoms with van der Waals surface area (Å²) in [5.41, 5.74) is 2.63. The molecule has 1 aromatic carbocycles. The summed E-state index contributed by atoms with van der Waals surface area (Å²) >= 11 is 0. The third-order valence-corrected chi connectivity index (χ3v) is 3.74. The molecule has 1 aliphatic rings. The molecule has 1 N–H and O–H groups in total. The first-order chi connectivity index (χ1) is 9.83. The maximum Gasteiger partial charge on any atom is 0.222 e. The van der Waals surface area contributed by atoms with Gasteiger partial charge in [-0.2, -0.15) is 5.10 Å². The van der Waals surface area contributed by atoms with Gasteiger partial charge in [-0.15, -0.1) is 0 Å². The highest BCUT2D eigenvalue weighted by atomic mass is 16.1. The van der Waals surface area contributed by atoms with Gasteiger partial charge >= 0.3 is 0 Å². The van der Waals surface area contributed by atoms with Crippen molar-refractivity contribution in [3.63, 3.8) is 0 Å². The second kappa shape index (κ2) is 5.86. The minimum atomic E-state index is 0.0715. The Labute approximate surface area is 118 Å². The maximum atomic E-state index is 12.0. The molecule has 0 unspecified atom stereocenters. The molecule has 20 heavy (non-hydrogen) atoms. The SMILES string of the molecule is O=C(CCn1cncn1)N[C@H]1CCCc2ccccc21. The standard InChI is InChI=1S/C15H18N4O/c20-15(8-9-19-11-16-10-17-19)18-14-7-3-5-12-4-1-2-6-13(12)14/h1-2,4,6,10-11,14H,3,5,7-9H2,(H,18,20)/t14-/m0/s1. The fraction of sp³-hybridized carbons (Fsp3) is 0.400. The molecule has 0 saturated carbocycles. The summed E-state index contributed by atoms with van der Waals surface area (Å²) < 4.78 is 1.67. The number of benzene rings is 1. The number of carbonyl (C=O) groups excluding carboxylic acids is 1. The monoisotopic (exact) mass is 270 g/mol. The summed E-state index contributed by atoms with van der Waals surface area (Å²) in [6, 6.07) is 8.54. The van der Waals surface area contributed by atoms with Gasteiger partial charge in [0.2, 0.25) is 5.91 Å². The lowest BCUT2D eigenvalue weighted by Gasteiger charge is -2.26. The van der Waals surface area contributed by atoms with Gasteiger partial charge in [0.1, 0.15) is 12.7 Å². The molecule has 1 heterocycles. The molecule has 104 valence electrons. The maximum absolute atomic E-state index is 12.0. The molecule has 5 heteroatoms. The van der Waals surface area contributed by atoms with Crippen LogP contribution in [0.1, 0.15) is 36.4 Å². The normalized spacial score (nSPS) is 17.5. The molecular weight excluding hydrogens is 252 g/mol. The number of aromatic nitrogens is 3. The van der Waals surface area contributed by atoms with Gasteiger partial charge in [0.15, 0.2) is 0 Å². The molecule has 5 nitrogen and oxygen atoms in total. The van der Waals surface area contributed by atoms with Crippen LogP contribution in [0.4, 0.5) is 0 Å². The number of amides is 1. The van der Waals surface area contributed by atoms with Crippen LogP contribution in [0.25, 0.3) is 0 Å². The van der Waals surface area contributed by atoms with Crippen LogP contribution in [0.3, 0.4) is 0 Å². The Hall–Kier alpha value is -2.17. The van der Waals surface area contributed by atoms with Crippen LogP contribution in [0, 0.1) is 0 Å². The van der Waals surface area contributed by atoms with Crippen LogP contribution in [-0.4, -0.2) is 20.7 Å². The van der Waals surface area contributed by atoms with E-state index in [-0.39, 0.29) is 11.9 Å². The van der Waals surface area contributed by atoms with Crippen LogP contribution in [0.5, 0.6) is 0 Å². The van der Waals surface area contributed by atoms with Crippen molar-refractivity contribution in [2.24, 2.45) is 0 Å². The van der Waals surface area contributed by atoms with Crippen molar-refractivity contribution >= 4 is 5.91 Å². The fourth-order valence-electron chi connectivity index (χ4n) is 2.73. The molecule has 1 aromatic heterocycles. The van der Waals surface area contributed by atoms with E-state index in [0.29, 0.717) is 13.0 Å². The predicted molar refractivity (Wildman–Crippen MR) is 74.9 cm³/mol. The van der Waals surface area contributed by atoms with E-state index in [2.05, 4.69) is 33.6 Å². The number of fused-ring (bicyclic) bond motifs is 1. The summed E-state index contributed by atoms with van der Waals surface area (Å²) in [5.74, 6) is 0.0715. The second-order valence-electron chi connectivity index (χ2n) is 5.12. The minimum absolute atomic E-state index is 0.0715. The van der Waals surface area contributed by atoms with E-state index in [1.807, 2.05) is 6.07 Å². The van der Waals surface area contributed by atoms with Crippen LogP contribution in [-0.2, 0) is 17.8 Å². The Bertz CT molecular complexity index is 579. The molecule has 2 aromatic rings. The van der Waals surface area contributed by atoms with Crippen molar-refractivity contribution in [2.45, 2.75) is 38.3 Å². The summed E-state index contributed by atoms with van der Waals surface area (Å²) in [7, 11) is 0. The van der Waals surface area contributed by atoms with Gasteiger partial charge < -0.3 is 5.32 Å². The number of rotatable bonds is 4. The summed E-state index contributed by atoms with van der Waals surface area (Å²) in [4.78, 5) is 15.9.